The summed E-state index contributed by atoms with van der Waals surface area (Å²) >= 11 is 0. The Morgan fingerprint density at radius 3 is 2.65 bits per heavy atom. The van der Waals surface area contributed by atoms with Crippen molar-refractivity contribution in [2.24, 2.45) is 23.2 Å². The maximum Gasteiger partial charge on any atom is 0.309 e. The van der Waals surface area contributed by atoms with Crippen LogP contribution in [0.1, 0.15) is 39.0 Å². The first-order valence-electron chi connectivity index (χ1n) is 6.97. The van der Waals surface area contributed by atoms with Crippen molar-refractivity contribution in [2.45, 2.75) is 39.0 Å². The van der Waals surface area contributed by atoms with Gasteiger partial charge in [0, 0.05) is 0 Å². The lowest BCUT2D eigenvalue weighted by Gasteiger charge is -2.40. The number of carbonyl (C=O) groups is 1. The van der Waals surface area contributed by atoms with Crippen LogP contribution in [0.25, 0.3) is 0 Å². The molecule has 1 saturated heterocycles. The summed E-state index contributed by atoms with van der Waals surface area (Å²) in [5.41, 5.74) is 0.132. The van der Waals surface area contributed by atoms with Gasteiger partial charge >= 0.3 is 5.97 Å². The molecule has 3 heteroatoms. The molecule has 1 heterocycles. The van der Waals surface area contributed by atoms with E-state index in [-0.39, 0.29) is 17.3 Å². The van der Waals surface area contributed by atoms with E-state index in [9.17, 15) is 4.79 Å². The fraction of sp³-hybridized carbons (Fsp3) is 0.929. The summed E-state index contributed by atoms with van der Waals surface area (Å²) in [6.45, 7) is 4.23. The number of carbonyl (C=O) groups excluding carboxylic acids is 1. The molecule has 3 nitrogen and oxygen atoms in total. The minimum Gasteiger partial charge on any atom is -0.465 e. The van der Waals surface area contributed by atoms with E-state index in [0.29, 0.717) is 12.5 Å². The molecule has 3 rings (SSSR count). The molecule has 1 aliphatic heterocycles. The first kappa shape index (κ1) is 11.5. The molecule has 17 heavy (non-hydrogen) atoms. The lowest BCUT2D eigenvalue weighted by molar-refractivity contribution is -0.175. The zero-order valence-corrected chi connectivity index (χ0v) is 10.6. The number of rotatable bonds is 4. The summed E-state index contributed by atoms with van der Waals surface area (Å²) in [6, 6.07) is 0. The molecule has 2 bridgehead atoms. The number of esters is 1. The highest BCUT2D eigenvalue weighted by Gasteiger charge is 2.45. The van der Waals surface area contributed by atoms with Crippen LogP contribution in [0.2, 0.25) is 0 Å². The second-order valence-electron chi connectivity index (χ2n) is 6.24. The van der Waals surface area contributed by atoms with E-state index in [4.69, 9.17) is 9.47 Å². The summed E-state index contributed by atoms with van der Waals surface area (Å²) in [4.78, 5) is 12.1. The molecule has 3 aliphatic rings. The molecule has 3 atom stereocenters. The van der Waals surface area contributed by atoms with Gasteiger partial charge in [-0.15, -0.1) is 0 Å². The van der Waals surface area contributed by atoms with E-state index in [0.717, 1.165) is 32.0 Å². The molecule has 2 aliphatic carbocycles. The van der Waals surface area contributed by atoms with Crippen LogP contribution >= 0.6 is 0 Å². The van der Waals surface area contributed by atoms with Gasteiger partial charge in [0.15, 0.2) is 0 Å². The summed E-state index contributed by atoms with van der Waals surface area (Å²) < 4.78 is 10.8. The Balaban J connectivity index is 1.50. The van der Waals surface area contributed by atoms with Gasteiger partial charge in [-0.05, 0) is 37.5 Å². The summed E-state index contributed by atoms with van der Waals surface area (Å²) in [6.07, 6.45) is 5.96. The van der Waals surface area contributed by atoms with Crippen molar-refractivity contribution in [3.63, 3.8) is 0 Å². The minimum atomic E-state index is 0.0666. The first-order chi connectivity index (χ1) is 8.22. The van der Waals surface area contributed by atoms with Crippen LogP contribution in [0.3, 0.4) is 0 Å². The van der Waals surface area contributed by atoms with Gasteiger partial charge in [0.1, 0.15) is 6.61 Å². The van der Waals surface area contributed by atoms with Gasteiger partial charge in [-0.1, -0.05) is 13.3 Å². The van der Waals surface area contributed by atoms with Gasteiger partial charge in [-0.2, -0.15) is 0 Å². The lowest BCUT2D eigenvalue weighted by atomic mass is 9.84. The third-order valence-corrected chi connectivity index (χ3v) is 5.13. The quantitative estimate of drug-likeness (QED) is 0.705. The van der Waals surface area contributed by atoms with Crippen molar-refractivity contribution < 1.29 is 14.3 Å². The molecule has 0 aromatic rings. The van der Waals surface area contributed by atoms with E-state index >= 15 is 0 Å². The Morgan fingerprint density at radius 1 is 1.35 bits per heavy atom. The van der Waals surface area contributed by atoms with Crippen molar-refractivity contribution in [1.29, 1.82) is 0 Å². The van der Waals surface area contributed by atoms with Gasteiger partial charge in [0.25, 0.3) is 0 Å². The molecule has 3 fully saturated rings. The van der Waals surface area contributed by atoms with Crippen LogP contribution < -0.4 is 0 Å². The average molecular weight is 238 g/mol. The van der Waals surface area contributed by atoms with Crippen LogP contribution in [0.15, 0.2) is 0 Å². The van der Waals surface area contributed by atoms with E-state index in [1.165, 1.54) is 19.3 Å². The van der Waals surface area contributed by atoms with Crippen molar-refractivity contribution in [1.82, 2.24) is 0 Å². The maximum atomic E-state index is 12.1. The summed E-state index contributed by atoms with van der Waals surface area (Å²) in [5, 5.41) is 0. The highest BCUT2D eigenvalue weighted by atomic mass is 16.5. The zero-order valence-electron chi connectivity index (χ0n) is 10.6. The molecule has 2 saturated carbocycles. The average Bonchev–Trinajstić information content (AvgIpc) is 2.89. The van der Waals surface area contributed by atoms with Gasteiger partial charge in [0.05, 0.1) is 24.5 Å². The van der Waals surface area contributed by atoms with Crippen molar-refractivity contribution in [3.05, 3.63) is 0 Å². The molecule has 0 N–H and O–H groups in total. The van der Waals surface area contributed by atoms with E-state index in [1.807, 2.05) is 0 Å². The molecule has 2 unspecified atom stereocenters. The molecule has 0 aromatic carbocycles. The molecule has 96 valence electrons. The number of fused-ring (bicyclic) bond motifs is 2. The number of ether oxygens (including phenoxy) is 2. The Morgan fingerprint density at radius 2 is 2.18 bits per heavy atom. The van der Waals surface area contributed by atoms with E-state index in [1.54, 1.807) is 0 Å². The summed E-state index contributed by atoms with van der Waals surface area (Å²) in [7, 11) is 0. The Bertz CT molecular complexity index is 303. The second kappa shape index (κ2) is 4.27. The molecule has 0 spiro atoms. The minimum absolute atomic E-state index is 0.0666. The highest BCUT2D eigenvalue weighted by molar-refractivity contribution is 5.73. The normalized spacial score (nSPS) is 37.8. The van der Waals surface area contributed by atoms with Crippen molar-refractivity contribution >= 4 is 5.97 Å². The predicted molar refractivity (Wildman–Crippen MR) is 63.4 cm³/mol. The first-order valence-corrected chi connectivity index (χ1v) is 6.97. The van der Waals surface area contributed by atoms with Crippen LogP contribution in [-0.4, -0.2) is 25.8 Å². The molecular formula is C14H22O3. The van der Waals surface area contributed by atoms with Crippen LogP contribution in [0.4, 0.5) is 0 Å². The largest absolute Gasteiger partial charge is 0.465 e. The SMILES string of the molecule is CCC1(COC(=O)C2CC3CC[C@@H]2C3)COC1. The van der Waals surface area contributed by atoms with Gasteiger partial charge in [-0.25, -0.2) is 0 Å². The Kier molecular flexibility index (Phi) is 2.89. The number of hydrogen-bond acceptors (Lipinski definition) is 3. The van der Waals surface area contributed by atoms with Gasteiger partial charge < -0.3 is 9.47 Å². The predicted octanol–water partition coefficient (Wildman–Crippen LogP) is 2.39. The lowest BCUT2D eigenvalue weighted by Crippen LogP contribution is -2.46. The fourth-order valence-corrected chi connectivity index (χ4v) is 3.64. The Hall–Kier alpha value is -0.570. The molecule has 0 aromatic heterocycles. The molecule has 0 amide bonds. The standard InChI is InChI=1S/C14H22O3/c1-2-14(7-16-8-14)9-17-13(15)12-6-10-3-4-11(12)5-10/h10-12H,2-9H2,1H3/t10?,11-,12?/m1/s1. The van der Waals surface area contributed by atoms with Crippen LogP contribution in [-0.2, 0) is 14.3 Å². The third kappa shape index (κ3) is 1.99. The van der Waals surface area contributed by atoms with E-state index in [2.05, 4.69) is 6.92 Å². The number of hydrogen-bond donors (Lipinski definition) is 0. The van der Waals surface area contributed by atoms with Crippen molar-refractivity contribution in [3.8, 4) is 0 Å². The molecule has 0 radical (unpaired) electrons. The van der Waals surface area contributed by atoms with Crippen molar-refractivity contribution in [2.75, 3.05) is 19.8 Å². The zero-order chi connectivity index (χ0) is 11.9. The Labute approximate surface area is 103 Å². The maximum absolute atomic E-state index is 12.1. The smallest absolute Gasteiger partial charge is 0.309 e. The van der Waals surface area contributed by atoms with Gasteiger partial charge in [0.2, 0.25) is 0 Å². The highest BCUT2D eigenvalue weighted by Crippen LogP contribution is 2.48. The van der Waals surface area contributed by atoms with E-state index < -0.39 is 0 Å². The third-order valence-electron chi connectivity index (χ3n) is 5.13. The monoisotopic (exact) mass is 238 g/mol. The topological polar surface area (TPSA) is 35.5 Å². The van der Waals surface area contributed by atoms with Gasteiger partial charge in [-0.3, -0.25) is 4.79 Å². The van der Waals surface area contributed by atoms with Crippen LogP contribution in [0.5, 0.6) is 0 Å². The second-order valence-corrected chi connectivity index (χ2v) is 6.24. The fourth-order valence-electron chi connectivity index (χ4n) is 3.64. The summed E-state index contributed by atoms with van der Waals surface area (Å²) in [5.74, 6) is 1.72. The molecular weight excluding hydrogens is 216 g/mol. The van der Waals surface area contributed by atoms with Crippen LogP contribution in [0, 0.1) is 23.2 Å².